The fourth-order valence-corrected chi connectivity index (χ4v) is 2.57. The summed E-state index contributed by atoms with van der Waals surface area (Å²) in [6.45, 7) is 7.15. The van der Waals surface area contributed by atoms with Gasteiger partial charge in [0, 0.05) is 24.9 Å². The molecule has 1 aliphatic rings. The lowest BCUT2D eigenvalue weighted by molar-refractivity contribution is -0.131. The van der Waals surface area contributed by atoms with Crippen molar-refractivity contribution in [3.63, 3.8) is 0 Å². The first-order chi connectivity index (χ1) is 9.82. The van der Waals surface area contributed by atoms with Crippen LogP contribution in [0.25, 0.3) is 6.08 Å². The van der Waals surface area contributed by atoms with Crippen molar-refractivity contribution in [1.29, 1.82) is 0 Å². The number of aliphatic carboxylic acids is 1. The molecule has 0 atom stereocenters. The third-order valence-electron chi connectivity index (χ3n) is 3.78. The number of amides is 1. The average molecular weight is 288 g/mol. The van der Waals surface area contributed by atoms with Gasteiger partial charge in [-0.1, -0.05) is 6.07 Å². The van der Waals surface area contributed by atoms with Crippen molar-refractivity contribution < 1.29 is 14.7 Å². The van der Waals surface area contributed by atoms with Crippen LogP contribution >= 0.6 is 0 Å². The molecule has 1 heterocycles. The first-order valence-electron chi connectivity index (χ1n) is 6.90. The Kier molecular flexibility index (Phi) is 4.02. The van der Waals surface area contributed by atoms with Gasteiger partial charge in [0.1, 0.15) is 5.54 Å². The summed E-state index contributed by atoms with van der Waals surface area (Å²) in [4.78, 5) is 24.7. The van der Waals surface area contributed by atoms with Crippen LogP contribution in [0.4, 0.5) is 5.69 Å². The zero-order chi connectivity index (χ0) is 15.6. The van der Waals surface area contributed by atoms with Crippen LogP contribution in [0.5, 0.6) is 0 Å². The lowest BCUT2D eigenvalue weighted by Gasteiger charge is -2.43. The Labute approximate surface area is 124 Å². The first kappa shape index (κ1) is 15.1. The van der Waals surface area contributed by atoms with Crippen LogP contribution in [0.3, 0.4) is 0 Å². The van der Waals surface area contributed by atoms with E-state index >= 15 is 0 Å². The van der Waals surface area contributed by atoms with E-state index in [1.165, 1.54) is 0 Å². The second-order valence-electron chi connectivity index (χ2n) is 5.68. The van der Waals surface area contributed by atoms with Crippen LogP contribution in [0.2, 0.25) is 0 Å². The van der Waals surface area contributed by atoms with E-state index in [1.54, 1.807) is 6.08 Å². The average Bonchev–Trinajstić information content (AvgIpc) is 2.40. The van der Waals surface area contributed by atoms with Gasteiger partial charge in [-0.3, -0.25) is 4.79 Å². The van der Waals surface area contributed by atoms with Gasteiger partial charge in [-0.25, -0.2) is 4.79 Å². The molecule has 2 N–H and O–H groups in total. The van der Waals surface area contributed by atoms with Crippen LogP contribution in [0, 0.1) is 6.92 Å². The minimum Gasteiger partial charge on any atom is -0.478 e. The minimum atomic E-state index is -0.967. The molecule has 0 saturated carbocycles. The van der Waals surface area contributed by atoms with E-state index < -0.39 is 11.5 Å². The molecule has 1 amide bonds. The molecule has 2 rings (SSSR count). The van der Waals surface area contributed by atoms with Gasteiger partial charge in [-0.15, -0.1) is 0 Å². The highest BCUT2D eigenvalue weighted by Crippen LogP contribution is 2.29. The van der Waals surface area contributed by atoms with Crippen molar-refractivity contribution in [3.05, 3.63) is 35.4 Å². The molecule has 112 valence electrons. The van der Waals surface area contributed by atoms with Gasteiger partial charge in [0.15, 0.2) is 0 Å². The molecule has 21 heavy (non-hydrogen) atoms. The molecule has 1 aliphatic heterocycles. The highest BCUT2D eigenvalue weighted by Gasteiger charge is 2.38. The molecule has 5 heteroatoms. The molecule has 5 nitrogen and oxygen atoms in total. The largest absolute Gasteiger partial charge is 0.478 e. The van der Waals surface area contributed by atoms with E-state index in [4.69, 9.17) is 5.11 Å². The molecule has 0 aliphatic carbocycles. The van der Waals surface area contributed by atoms with E-state index in [9.17, 15) is 9.59 Å². The van der Waals surface area contributed by atoms with Crippen molar-refractivity contribution in [2.24, 2.45) is 0 Å². The number of carbonyl (C=O) groups excluding carboxylic acids is 1. The van der Waals surface area contributed by atoms with Gasteiger partial charge >= 0.3 is 5.97 Å². The lowest BCUT2D eigenvalue weighted by Crippen LogP contribution is -2.62. The number of benzene rings is 1. The first-order valence-corrected chi connectivity index (χ1v) is 6.90. The van der Waals surface area contributed by atoms with Crippen LogP contribution in [0.1, 0.15) is 25.0 Å². The van der Waals surface area contributed by atoms with Gasteiger partial charge in [-0.05, 0) is 50.1 Å². The lowest BCUT2D eigenvalue weighted by atomic mass is 9.96. The number of piperazine rings is 1. The Balaban J connectivity index is 2.32. The Morgan fingerprint density at radius 2 is 2.14 bits per heavy atom. The third-order valence-corrected chi connectivity index (χ3v) is 3.78. The quantitative estimate of drug-likeness (QED) is 0.832. The number of rotatable bonds is 3. The van der Waals surface area contributed by atoms with E-state index in [0.717, 1.165) is 29.4 Å². The molecular formula is C16H20N2O3. The number of nitrogens with zero attached hydrogens (tertiary/aromatic N) is 1. The summed E-state index contributed by atoms with van der Waals surface area (Å²) in [6, 6.07) is 5.74. The van der Waals surface area contributed by atoms with Crippen LogP contribution in [-0.2, 0) is 9.59 Å². The third kappa shape index (κ3) is 3.07. The summed E-state index contributed by atoms with van der Waals surface area (Å²) in [5.41, 5.74) is 2.26. The van der Waals surface area contributed by atoms with Crippen LogP contribution < -0.4 is 10.2 Å². The van der Waals surface area contributed by atoms with E-state index in [0.29, 0.717) is 6.54 Å². The van der Waals surface area contributed by atoms with Gasteiger partial charge in [-0.2, -0.15) is 0 Å². The highest BCUT2D eigenvalue weighted by atomic mass is 16.4. The number of carbonyl (C=O) groups is 2. The molecule has 0 bridgehead atoms. The minimum absolute atomic E-state index is 0.0167. The molecule has 0 spiro atoms. The maximum Gasteiger partial charge on any atom is 0.328 e. The molecule has 1 fully saturated rings. The standard InChI is InChI=1S/C16H20N2O3/c1-11-10-12(5-7-14(19)20)4-6-13(11)18-9-8-17-15(21)16(18,2)3/h4-7,10H,8-9H2,1-3H3,(H,17,21)(H,19,20). The normalized spacial score (nSPS) is 17.9. The number of aryl methyl sites for hydroxylation is 1. The maximum absolute atomic E-state index is 12.0. The summed E-state index contributed by atoms with van der Waals surface area (Å²) in [5, 5.41) is 11.5. The second-order valence-corrected chi connectivity index (χ2v) is 5.68. The summed E-state index contributed by atoms with van der Waals surface area (Å²) < 4.78 is 0. The van der Waals surface area contributed by atoms with Crippen LogP contribution in [0.15, 0.2) is 24.3 Å². The second kappa shape index (κ2) is 5.60. The summed E-state index contributed by atoms with van der Waals surface area (Å²) in [5.74, 6) is -0.950. The van der Waals surface area contributed by atoms with Crippen LogP contribution in [-0.4, -0.2) is 35.6 Å². The molecule has 0 unspecified atom stereocenters. The zero-order valence-electron chi connectivity index (χ0n) is 12.5. The van der Waals surface area contributed by atoms with Gasteiger partial charge in [0.25, 0.3) is 0 Å². The molecule has 1 saturated heterocycles. The molecular weight excluding hydrogens is 268 g/mol. The molecule has 0 radical (unpaired) electrons. The van der Waals surface area contributed by atoms with Gasteiger partial charge in [0.2, 0.25) is 5.91 Å². The summed E-state index contributed by atoms with van der Waals surface area (Å²) >= 11 is 0. The predicted octanol–water partition coefficient (Wildman–Crippen LogP) is 1.81. The van der Waals surface area contributed by atoms with E-state index in [-0.39, 0.29) is 5.91 Å². The molecule has 0 aromatic heterocycles. The van der Waals surface area contributed by atoms with Crippen molar-refractivity contribution >= 4 is 23.6 Å². The SMILES string of the molecule is Cc1cc(C=CC(=O)O)ccc1N1CCNC(=O)C1(C)C. The number of carboxylic acids is 1. The fourth-order valence-electron chi connectivity index (χ4n) is 2.57. The van der Waals surface area contributed by atoms with Gasteiger partial charge < -0.3 is 15.3 Å². The maximum atomic E-state index is 12.0. The predicted molar refractivity (Wildman–Crippen MR) is 82.3 cm³/mol. The Bertz CT molecular complexity index is 606. The summed E-state index contributed by atoms with van der Waals surface area (Å²) in [6.07, 6.45) is 2.68. The summed E-state index contributed by atoms with van der Waals surface area (Å²) in [7, 11) is 0. The number of nitrogens with one attached hydrogen (secondary N) is 1. The Morgan fingerprint density at radius 1 is 1.43 bits per heavy atom. The number of carboxylic acid groups (broad SMARTS) is 1. The topological polar surface area (TPSA) is 69.6 Å². The zero-order valence-corrected chi connectivity index (χ0v) is 12.5. The molecule has 1 aromatic carbocycles. The van der Waals surface area contributed by atoms with Crippen molar-refractivity contribution in [3.8, 4) is 0 Å². The monoisotopic (exact) mass is 288 g/mol. The number of hydrogen-bond donors (Lipinski definition) is 2. The van der Waals surface area contributed by atoms with Crippen molar-refractivity contribution in [2.45, 2.75) is 26.3 Å². The molecule has 1 aromatic rings. The van der Waals surface area contributed by atoms with E-state index in [2.05, 4.69) is 10.2 Å². The highest BCUT2D eigenvalue weighted by molar-refractivity contribution is 5.91. The number of anilines is 1. The van der Waals surface area contributed by atoms with Crippen molar-refractivity contribution in [2.75, 3.05) is 18.0 Å². The van der Waals surface area contributed by atoms with Gasteiger partial charge in [0.05, 0.1) is 0 Å². The fraction of sp³-hybridized carbons (Fsp3) is 0.375. The smallest absolute Gasteiger partial charge is 0.328 e. The van der Waals surface area contributed by atoms with Crippen molar-refractivity contribution in [1.82, 2.24) is 5.32 Å². The Hall–Kier alpha value is -2.30. The number of hydrogen-bond acceptors (Lipinski definition) is 3. The Morgan fingerprint density at radius 3 is 2.76 bits per heavy atom. The van der Waals surface area contributed by atoms with E-state index in [1.807, 2.05) is 39.0 Å².